The molecule has 1 aromatic heterocycles. The van der Waals surface area contributed by atoms with Crippen molar-refractivity contribution in [3.8, 4) is 0 Å². The number of nitrogens with zero attached hydrogens (tertiary/aromatic N) is 2. The van der Waals surface area contributed by atoms with Crippen LogP contribution in [0.2, 0.25) is 0 Å². The van der Waals surface area contributed by atoms with E-state index in [0.29, 0.717) is 12.2 Å². The van der Waals surface area contributed by atoms with E-state index in [9.17, 15) is 9.59 Å². The van der Waals surface area contributed by atoms with Crippen LogP contribution in [0.5, 0.6) is 0 Å². The standard InChI is InChI=1S/C15H15N3O3/c1-18-13(8-9-17-18)15(21)16-10-12-4-2-11(3-5-12)6-7-14(19)20/h2-9H,10H2,1H3,(H,16,21)(H,19,20). The van der Waals surface area contributed by atoms with Gasteiger partial charge in [0.25, 0.3) is 5.91 Å². The van der Waals surface area contributed by atoms with E-state index in [1.54, 1.807) is 31.4 Å². The molecule has 0 atom stereocenters. The van der Waals surface area contributed by atoms with Crippen LogP contribution in [-0.4, -0.2) is 26.8 Å². The molecule has 0 radical (unpaired) electrons. The molecule has 1 amide bonds. The number of benzene rings is 1. The maximum Gasteiger partial charge on any atom is 0.328 e. The fourth-order valence-electron chi connectivity index (χ4n) is 1.78. The van der Waals surface area contributed by atoms with Gasteiger partial charge in [-0.15, -0.1) is 0 Å². The molecule has 0 aliphatic rings. The van der Waals surface area contributed by atoms with Crippen molar-refractivity contribution in [1.82, 2.24) is 15.1 Å². The van der Waals surface area contributed by atoms with Crippen LogP contribution in [0.1, 0.15) is 21.6 Å². The molecule has 2 rings (SSSR count). The zero-order valence-corrected chi connectivity index (χ0v) is 11.5. The molecule has 0 spiro atoms. The Kier molecular flexibility index (Phi) is 4.50. The number of aromatic nitrogens is 2. The second-order valence-corrected chi connectivity index (χ2v) is 4.44. The van der Waals surface area contributed by atoms with Crippen molar-refractivity contribution < 1.29 is 14.7 Å². The molecule has 6 heteroatoms. The number of amides is 1. The summed E-state index contributed by atoms with van der Waals surface area (Å²) in [5.74, 6) is -1.17. The van der Waals surface area contributed by atoms with Gasteiger partial charge in [-0.3, -0.25) is 9.48 Å². The third-order valence-corrected chi connectivity index (χ3v) is 2.90. The second kappa shape index (κ2) is 6.51. The fourth-order valence-corrected chi connectivity index (χ4v) is 1.78. The number of rotatable bonds is 5. The Morgan fingerprint density at radius 1 is 1.29 bits per heavy atom. The van der Waals surface area contributed by atoms with Crippen molar-refractivity contribution in [2.75, 3.05) is 0 Å². The number of carbonyl (C=O) groups is 2. The highest BCUT2D eigenvalue weighted by molar-refractivity contribution is 5.92. The topological polar surface area (TPSA) is 84.2 Å². The van der Waals surface area contributed by atoms with Crippen molar-refractivity contribution >= 4 is 18.0 Å². The van der Waals surface area contributed by atoms with E-state index in [1.807, 2.05) is 12.1 Å². The summed E-state index contributed by atoms with van der Waals surface area (Å²) in [5.41, 5.74) is 2.22. The molecule has 0 saturated carbocycles. The lowest BCUT2D eigenvalue weighted by atomic mass is 10.1. The number of aryl methyl sites for hydroxylation is 1. The Hall–Kier alpha value is -2.89. The van der Waals surface area contributed by atoms with Crippen LogP contribution in [0.4, 0.5) is 0 Å². The number of nitrogens with one attached hydrogen (secondary N) is 1. The van der Waals surface area contributed by atoms with Crippen molar-refractivity contribution in [2.24, 2.45) is 7.05 Å². The molecular weight excluding hydrogens is 270 g/mol. The quantitative estimate of drug-likeness (QED) is 0.814. The lowest BCUT2D eigenvalue weighted by Gasteiger charge is -2.06. The average Bonchev–Trinajstić information content (AvgIpc) is 2.90. The van der Waals surface area contributed by atoms with Gasteiger partial charge in [0.05, 0.1) is 0 Å². The fraction of sp³-hybridized carbons (Fsp3) is 0.133. The van der Waals surface area contributed by atoms with E-state index in [-0.39, 0.29) is 5.91 Å². The number of hydrogen-bond acceptors (Lipinski definition) is 3. The normalized spacial score (nSPS) is 10.7. The molecule has 0 bridgehead atoms. The molecule has 0 saturated heterocycles. The van der Waals surface area contributed by atoms with Gasteiger partial charge < -0.3 is 10.4 Å². The van der Waals surface area contributed by atoms with E-state index in [4.69, 9.17) is 5.11 Å². The first-order valence-electron chi connectivity index (χ1n) is 6.32. The third kappa shape index (κ3) is 4.04. The Labute approximate surface area is 121 Å². The first-order chi connectivity index (χ1) is 10.1. The number of carboxylic acids is 1. The highest BCUT2D eigenvalue weighted by Crippen LogP contribution is 2.06. The Morgan fingerprint density at radius 3 is 2.57 bits per heavy atom. The summed E-state index contributed by atoms with van der Waals surface area (Å²) >= 11 is 0. The minimum Gasteiger partial charge on any atom is -0.478 e. The van der Waals surface area contributed by atoms with E-state index in [1.165, 1.54) is 10.8 Å². The van der Waals surface area contributed by atoms with Crippen LogP contribution in [0.15, 0.2) is 42.6 Å². The van der Waals surface area contributed by atoms with Gasteiger partial charge in [0.2, 0.25) is 0 Å². The van der Waals surface area contributed by atoms with Gasteiger partial charge in [-0.2, -0.15) is 5.10 Å². The maximum atomic E-state index is 11.9. The SMILES string of the molecule is Cn1nccc1C(=O)NCc1ccc(C=CC(=O)O)cc1. The molecule has 1 heterocycles. The van der Waals surface area contributed by atoms with E-state index < -0.39 is 5.97 Å². The van der Waals surface area contributed by atoms with Crippen LogP contribution >= 0.6 is 0 Å². The Bertz CT molecular complexity index is 672. The molecule has 0 aliphatic heterocycles. The second-order valence-electron chi connectivity index (χ2n) is 4.44. The molecule has 0 unspecified atom stereocenters. The summed E-state index contributed by atoms with van der Waals surface area (Å²) in [6, 6.07) is 8.92. The maximum absolute atomic E-state index is 11.9. The summed E-state index contributed by atoms with van der Waals surface area (Å²) in [4.78, 5) is 22.3. The van der Waals surface area contributed by atoms with Crippen LogP contribution in [0, 0.1) is 0 Å². The highest BCUT2D eigenvalue weighted by Gasteiger charge is 2.08. The molecule has 2 N–H and O–H groups in total. The van der Waals surface area contributed by atoms with Gasteiger partial charge in [-0.1, -0.05) is 24.3 Å². The Balaban J connectivity index is 1.93. The van der Waals surface area contributed by atoms with Crippen molar-refractivity contribution in [3.63, 3.8) is 0 Å². The van der Waals surface area contributed by atoms with E-state index in [2.05, 4.69) is 10.4 Å². The molecule has 21 heavy (non-hydrogen) atoms. The average molecular weight is 285 g/mol. The minimum atomic E-state index is -0.984. The summed E-state index contributed by atoms with van der Waals surface area (Å²) in [5, 5.41) is 15.3. The molecule has 0 aliphatic carbocycles. The van der Waals surface area contributed by atoms with Crippen LogP contribution in [0.3, 0.4) is 0 Å². The largest absolute Gasteiger partial charge is 0.478 e. The molecule has 108 valence electrons. The molecule has 0 fully saturated rings. The van der Waals surface area contributed by atoms with Crippen LogP contribution < -0.4 is 5.32 Å². The number of hydrogen-bond donors (Lipinski definition) is 2. The number of carbonyl (C=O) groups excluding carboxylic acids is 1. The smallest absolute Gasteiger partial charge is 0.328 e. The molecular formula is C15H15N3O3. The molecule has 6 nitrogen and oxygen atoms in total. The monoisotopic (exact) mass is 285 g/mol. The summed E-state index contributed by atoms with van der Waals surface area (Å²) in [7, 11) is 1.71. The van der Waals surface area contributed by atoms with E-state index in [0.717, 1.165) is 17.2 Å². The summed E-state index contributed by atoms with van der Waals surface area (Å²) in [6.45, 7) is 0.396. The van der Waals surface area contributed by atoms with Gasteiger partial charge in [0.15, 0.2) is 0 Å². The molecule has 1 aromatic carbocycles. The van der Waals surface area contributed by atoms with Crippen LogP contribution in [-0.2, 0) is 18.4 Å². The first kappa shape index (κ1) is 14.5. The van der Waals surface area contributed by atoms with Crippen molar-refractivity contribution in [2.45, 2.75) is 6.54 Å². The van der Waals surface area contributed by atoms with E-state index >= 15 is 0 Å². The predicted octanol–water partition coefficient (Wildman–Crippen LogP) is 1.45. The van der Waals surface area contributed by atoms with Crippen molar-refractivity contribution in [3.05, 3.63) is 59.4 Å². The summed E-state index contributed by atoms with van der Waals surface area (Å²) < 4.78 is 1.51. The van der Waals surface area contributed by atoms with Gasteiger partial charge in [0.1, 0.15) is 5.69 Å². The lowest BCUT2D eigenvalue weighted by molar-refractivity contribution is -0.131. The van der Waals surface area contributed by atoms with Crippen molar-refractivity contribution in [1.29, 1.82) is 0 Å². The number of carboxylic acid groups (broad SMARTS) is 1. The zero-order valence-electron chi connectivity index (χ0n) is 11.5. The van der Waals surface area contributed by atoms with Gasteiger partial charge in [-0.25, -0.2) is 4.79 Å². The van der Waals surface area contributed by atoms with Gasteiger partial charge >= 0.3 is 5.97 Å². The highest BCUT2D eigenvalue weighted by atomic mass is 16.4. The predicted molar refractivity (Wildman–Crippen MR) is 77.5 cm³/mol. The number of aliphatic carboxylic acids is 1. The van der Waals surface area contributed by atoms with Gasteiger partial charge in [-0.05, 0) is 23.3 Å². The van der Waals surface area contributed by atoms with Gasteiger partial charge in [0, 0.05) is 25.9 Å². The third-order valence-electron chi connectivity index (χ3n) is 2.90. The molecule has 2 aromatic rings. The minimum absolute atomic E-state index is 0.190. The van der Waals surface area contributed by atoms with Crippen LogP contribution in [0.25, 0.3) is 6.08 Å². The lowest BCUT2D eigenvalue weighted by Crippen LogP contribution is -2.25. The summed E-state index contributed by atoms with van der Waals surface area (Å²) in [6.07, 6.45) is 4.16. The zero-order chi connectivity index (χ0) is 15.2. The Morgan fingerprint density at radius 2 is 2.00 bits per heavy atom. The first-order valence-corrected chi connectivity index (χ1v) is 6.32.